The third kappa shape index (κ3) is 2.74. The fourth-order valence-corrected chi connectivity index (χ4v) is 1.24. The maximum atomic E-state index is 8.79. The molecule has 5 heteroatoms. The molecule has 0 spiro atoms. The van der Waals surface area contributed by atoms with Gasteiger partial charge in [-0.15, -0.1) is 0 Å². The van der Waals surface area contributed by atoms with Crippen LogP contribution in [0.4, 0.5) is 0 Å². The summed E-state index contributed by atoms with van der Waals surface area (Å²) in [6, 6.07) is 10.3. The van der Waals surface area contributed by atoms with Gasteiger partial charge in [0.1, 0.15) is 12.1 Å². The first-order valence-corrected chi connectivity index (χ1v) is 4.70. The van der Waals surface area contributed by atoms with Crippen LogP contribution in [-0.2, 0) is 4.84 Å². The van der Waals surface area contributed by atoms with E-state index in [1.54, 1.807) is 36.4 Å². The molecule has 0 fully saturated rings. The molecule has 0 atom stereocenters. The maximum Gasteiger partial charge on any atom is 0.155 e. The monoisotopic (exact) mass is 233 g/mol. The SMILES string of the molecule is CONC(=C(C#N)C#N)c1ccc(Cl)cc1. The Hall–Kier alpha value is -2.01. The Labute approximate surface area is 98.3 Å². The Morgan fingerprint density at radius 1 is 1.25 bits per heavy atom. The molecule has 0 amide bonds. The van der Waals surface area contributed by atoms with E-state index < -0.39 is 0 Å². The summed E-state index contributed by atoms with van der Waals surface area (Å²) in [6.45, 7) is 0. The van der Waals surface area contributed by atoms with Crippen molar-refractivity contribution in [2.45, 2.75) is 0 Å². The number of nitrogens with one attached hydrogen (secondary N) is 1. The quantitative estimate of drug-likeness (QED) is 0.642. The molecule has 1 aromatic carbocycles. The number of hydroxylamine groups is 1. The van der Waals surface area contributed by atoms with E-state index in [4.69, 9.17) is 27.0 Å². The molecule has 0 aromatic heterocycles. The number of hydrogen-bond acceptors (Lipinski definition) is 4. The van der Waals surface area contributed by atoms with Crippen molar-refractivity contribution in [2.24, 2.45) is 0 Å². The molecular weight excluding hydrogens is 226 g/mol. The van der Waals surface area contributed by atoms with Crippen molar-refractivity contribution in [2.75, 3.05) is 7.11 Å². The normalized spacial score (nSPS) is 8.75. The predicted molar refractivity (Wildman–Crippen MR) is 59.7 cm³/mol. The van der Waals surface area contributed by atoms with E-state index in [1.807, 2.05) is 0 Å². The van der Waals surface area contributed by atoms with E-state index in [0.717, 1.165) is 0 Å². The van der Waals surface area contributed by atoms with Gasteiger partial charge in [-0.25, -0.2) is 0 Å². The second-order valence-corrected chi connectivity index (χ2v) is 3.22. The molecule has 1 N–H and O–H groups in total. The molecule has 0 saturated heterocycles. The number of hydrogen-bond donors (Lipinski definition) is 1. The topological polar surface area (TPSA) is 68.8 Å². The highest BCUT2D eigenvalue weighted by molar-refractivity contribution is 6.30. The lowest BCUT2D eigenvalue weighted by atomic mass is 10.1. The Morgan fingerprint density at radius 3 is 2.25 bits per heavy atom. The molecule has 0 aliphatic rings. The van der Waals surface area contributed by atoms with E-state index in [1.165, 1.54) is 7.11 Å². The third-order valence-electron chi connectivity index (χ3n) is 1.81. The van der Waals surface area contributed by atoms with Crippen LogP contribution >= 0.6 is 11.6 Å². The lowest BCUT2D eigenvalue weighted by Gasteiger charge is -2.08. The molecule has 0 saturated carbocycles. The van der Waals surface area contributed by atoms with Gasteiger partial charge in [-0.05, 0) is 12.1 Å². The number of benzene rings is 1. The summed E-state index contributed by atoms with van der Waals surface area (Å²) in [4.78, 5) is 4.73. The summed E-state index contributed by atoms with van der Waals surface area (Å²) in [7, 11) is 1.41. The zero-order valence-corrected chi connectivity index (χ0v) is 9.25. The molecule has 0 radical (unpaired) electrons. The van der Waals surface area contributed by atoms with Gasteiger partial charge in [0.25, 0.3) is 0 Å². The number of allylic oxidation sites excluding steroid dienone is 1. The van der Waals surface area contributed by atoms with Gasteiger partial charge in [0.05, 0.1) is 12.8 Å². The minimum Gasteiger partial charge on any atom is -0.279 e. The van der Waals surface area contributed by atoms with Gasteiger partial charge in [0, 0.05) is 10.6 Å². The number of nitriles is 2. The van der Waals surface area contributed by atoms with Crippen LogP contribution in [0.25, 0.3) is 5.70 Å². The lowest BCUT2D eigenvalue weighted by Crippen LogP contribution is -2.12. The first kappa shape index (κ1) is 12.1. The number of halogens is 1. The summed E-state index contributed by atoms with van der Waals surface area (Å²) in [5, 5.41) is 18.2. The first-order chi connectivity index (χ1) is 7.72. The molecule has 0 aliphatic heterocycles. The predicted octanol–water partition coefficient (Wildman–Crippen LogP) is 2.25. The average Bonchev–Trinajstić information content (AvgIpc) is 2.31. The second-order valence-electron chi connectivity index (χ2n) is 2.79. The van der Waals surface area contributed by atoms with Crippen molar-refractivity contribution in [3.05, 3.63) is 40.4 Å². The molecule has 4 nitrogen and oxygen atoms in total. The average molecular weight is 234 g/mol. The van der Waals surface area contributed by atoms with Crippen LogP contribution in [0.15, 0.2) is 29.8 Å². The Kier molecular flexibility index (Phi) is 4.35. The highest BCUT2D eigenvalue weighted by Crippen LogP contribution is 2.18. The Bertz CT molecular complexity index is 463. The zero-order chi connectivity index (χ0) is 12.0. The van der Waals surface area contributed by atoms with Gasteiger partial charge in [-0.1, -0.05) is 23.7 Å². The summed E-state index contributed by atoms with van der Waals surface area (Å²) in [5.74, 6) is 0. The maximum absolute atomic E-state index is 8.79. The first-order valence-electron chi connectivity index (χ1n) is 4.32. The van der Waals surface area contributed by atoms with Crippen LogP contribution < -0.4 is 5.48 Å². The molecule has 16 heavy (non-hydrogen) atoms. The molecule has 0 aliphatic carbocycles. The Balaban J connectivity index is 3.24. The van der Waals surface area contributed by atoms with Crippen LogP contribution in [0.5, 0.6) is 0 Å². The summed E-state index contributed by atoms with van der Waals surface area (Å²) in [6.07, 6.45) is 0. The van der Waals surface area contributed by atoms with E-state index in [-0.39, 0.29) is 5.57 Å². The smallest absolute Gasteiger partial charge is 0.155 e. The summed E-state index contributed by atoms with van der Waals surface area (Å²) < 4.78 is 0. The third-order valence-corrected chi connectivity index (χ3v) is 2.06. The number of nitrogens with zero attached hydrogens (tertiary/aromatic N) is 2. The fraction of sp³-hybridized carbons (Fsp3) is 0.0909. The standard InChI is InChI=1S/C11H8ClN3O/c1-16-15-11(9(6-13)7-14)8-2-4-10(12)5-3-8/h2-5,15H,1H3. The van der Waals surface area contributed by atoms with Crippen molar-refractivity contribution in [3.8, 4) is 12.1 Å². The largest absolute Gasteiger partial charge is 0.279 e. The van der Waals surface area contributed by atoms with E-state index >= 15 is 0 Å². The van der Waals surface area contributed by atoms with Gasteiger partial charge in [0.15, 0.2) is 5.57 Å². The molecule has 80 valence electrons. The second kappa shape index (κ2) is 5.77. The Morgan fingerprint density at radius 2 is 1.81 bits per heavy atom. The summed E-state index contributed by atoms with van der Waals surface area (Å²) >= 11 is 5.74. The molecule has 0 bridgehead atoms. The van der Waals surface area contributed by atoms with E-state index in [9.17, 15) is 0 Å². The van der Waals surface area contributed by atoms with Crippen LogP contribution in [0.2, 0.25) is 5.02 Å². The van der Waals surface area contributed by atoms with Crippen molar-refractivity contribution in [1.82, 2.24) is 5.48 Å². The van der Waals surface area contributed by atoms with Gasteiger partial charge in [-0.3, -0.25) is 10.3 Å². The summed E-state index contributed by atoms with van der Waals surface area (Å²) in [5.41, 5.74) is 3.44. The van der Waals surface area contributed by atoms with Crippen LogP contribution in [-0.4, -0.2) is 7.11 Å². The molecule has 1 rings (SSSR count). The lowest BCUT2D eigenvalue weighted by molar-refractivity contribution is 0.136. The molecule has 0 unspecified atom stereocenters. The minimum absolute atomic E-state index is 0.0517. The molecular formula is C11H8ClN3O. The van der Waals surface area contributed by atoms with E-state index in [0.29, 0.717) is 16.3 Å². The van der Waals surface area contributed by atoms with Gasteiger partial charge < -0.3 is 0 Å². The van der Waals surface area contributed by atoms with Gasteiger partial charge in [0.2, 0.25) is 0 Å². The van der Waals surface area contributed by atoms with Crippen molar-refractivity contribution < 1.29 is 4.84 Å². The van der Waals surface area contributed by atoms with Crippen molar-refractivity contribution in [1.29, 1.82) is 10.5 Å². The highest BCUT2D eigenvalue weighted by Gasteiger charge is 2.08. The number of rotatable bonds is 3. The zero-order valence-electron chi connectivity index (χ0n) is 8.49. The van der Waals surface area contributed by atoms with Crippen LogP contribution in [0.1, 0.15) is 5.56 Å². The van der Waals surface area contributed by atoms with Gasteiger partial charge in [-0.2, -0.15) is 10.5 Å². The molecule has 1 aromatic rings. The minimum atomic E-state index is -0.0517. The van der Waals surface area contributed by atoms with E-state index in [2.05, 4.69) is 5.48 Å². The van der Waals surface area contributed by atoms with Crippen LogP contribution in [0.3, 0.4) is 0 Å². The van der Waals surface area contributed by atoms with Gasteiger partial charge >= 0.3 is 0 Å². The molecule has 0 heterocycles. The highest BCUT2D eigenvalue weighted by atomic mass is 35.5. The van der Waals surface area contributed by atoms with Crippen molar-refractivity contribution in [3.63, 3.8) is 0 Å². The van der Waals surface area contributed by atoms with Crippen molar-refractivity contribution >= 4 is 17.3 Å². The fourth-order valence-electron chi connectivity index (χ4n) is 1.11. The van der Waals surface area contributed by atoms with Crippen LogP contribution in [0, 0.1) is 22.7 Å².